The highest BCUT2D eigenvalue weighted by molar-refractivity contribution is 7.99. The quantitative estimate of drug-likeness (QED) is 0.502. The van der Waals surface area contributed by atoms with Gasteiger partial charge in [0.1, 0.15) is 5.69 Å². The van der Waals surface area contributed by atoms with E-state index in [2.05, 4.69) is 25.3 Å². The van der Waals surface area contributed by atoms with Crippen LogP contribution in [-0.2, 0) is 6.18 Å². The van der Waals surface area contributed by atoms with Crippen LogP contribution in [0.4, 0.5) is 19.1 Å². The van der Waals surface area contributed by atoms with Gasteiger partial charge in [0.2, 0.25) is 5.95 Å². The summed E-state index contributed by atoms with van der Waals surface area (Å²) in [6.45, 7) is 0.621. The molecular formula is C12H12F3N5S. The molecule has 0 amide bonds. The summed E-state index contributed by atoms with van der Waals surface area (Å²) in [7, 11) is 0. The van der Waals surface area contributed by atoms with E-state index in [9.17, 15) is 13.2 Å². The average Bonchev–Trinajstić information content (AvgIpc) is 2.47. The van der Waals surface area contributed by atoms with Crippen molar-refractivity contribution in [2.75, 3.05) is 17.6 Å². The normalized spacial score (nSPS) is 11.4. The second-order valence-corrected chi connectivity index (χ2v) is 4.99. The molecule has 0 aliphatic rings. The first-order valence-corrected chi connectivity index (χ1v) is 7.08. The molecule has 2 rings (SSSR count). The van der Waals surface area contributed by atoms with Gasteiger partial charge < -0.3 is 5.32 Å². The summed E-state index contributed by atoms with van der Waals surface area (Å²) < 4.78 is 37.4. The zero-order valence-corrected chi connectivity index (χ0v) is 11.7. The van der Waals surface area contributed by atoms with E-state index in [0.717, 1.165) is 18.7 Å². The number of anilines is 1. The standard InChI is InChI=1S/C12H12F3N5S/c13-12(14,15)9-3-7-19-11(20-9)21-8-2-6-18-10-16-4-1-5-17-10/h1,3-5,7H,2,6,8H2,(H,16,17,18). The molecule has 0 aromatic carbocycles. The summed E-state index contributed by atoms with van der Waals surface area (Å²) in [6, 6.07) is 2.57. The number of aromatic nitrogens is 4. The van der Waals surface area contributed by atoms with Gasteiger partial charge in [0.05, 0.1) is 0 Å². The predicted octanol–water partition coefficient (Wildman–Crippen LogP) is 2.88. The Balaban J connectivity index is 1.74. The van der Waals surface area contributed by atoms with E-state index in [1.807, 2.05) is 0 Å². The fourth-order valence-electron chi connectivity index (χ4n) is 1.39. The highest BCUT2D eigenvalue weighted by Crippen LogP contribution is 2.28. The van der Waals surface area contributed by atoms with Crippen molar-refractivity contribution in [3.63, 3.8) is 0 Å². The number of nitrogens with one attached hydrogen (secondary N) is 1. The van der Waals surface area contributed by atoms with Crippen LogP contribution in [0.3, 0.4) is 0 Å². The Morgan fingerprint density at radius 3 is 2.57 bits per heavy atom. The second kappa shape index (κ2) is 7.21. The predicted molar refractivity (Wildman–Crippen MR) is 72.9 cm³/mol. The Bertz CT molecular complexity index is 564. The third-order valence-corrected chi connectivity index (χ3v) is 3.27. The van der Waals surface area contributed by atoms with Crippen molar-refractivity contribution in [3.05, 3.63) is 36.4 Å². The van der Waals surface area contributed by atoms with Crippen LogP contribution in [0.1, 0.15) is 12.1 Å². The number of nitrogens with zero attached hydrogens (tertiary/aromatic N) is 4. The van der Waals surface area contributed by atoms with Gasteiger partial charge in [-0.2, -0.15) is 13.2 Å². The lowest BCUT2D eigenvalue weighted by molar-refractivity contribution is -0.141. The molecule has 0 atom stereocenters. The molecule has 0 aliphatic heterocycles. The van der Waals surface area contributed by atoms with Gasteiger partial charge in [0.15, 0.2) is 5.16 Å². The first kappa shape index (κ1) is 15.5. The molecule has 0 spiro atoms. The van der Waals surface area contributed by atoms with E-state index in [1.165, 1.54) is 11.8 Å². The highest BCUT2D eigenvalue weighted by atomic mass is 32.2. The first-order valence-electron chi connectivity index (χ1n) is 6.09. The van der Waals surface area contributed by atoms with Crippen LogP contribution < -0.4 is 5.32 Å². The van der Waals surface area contributed by atoms with Gasteiger partial charge in [0, 0.05) is 30.9 Å². The van der Waals surface area contributed by atoms with Gasteiger partial charge in [-0.15, -0.1) is 0 Å². The van der Waals surface area contributed by atoms with Gasteiger partial charge in [0.25, 0.3) is 0 Å². The number of thioether (sulfide) groups is 1. The van der Waals surface area contributed by atoms with Crippen LogP contribution in [-0.4, -0.2) is 32.2 Å². The first-order chi connectivity index (χ1) is 10.1. The molecule has 0 saturated carbocycles. The van der Waals surface area contributed by atoms with Crippen molar-refractivity contribution in [2.24, 2.45) is 0 Å². The molecule has 5 nitrogen and oxygen atoms in total. The van der Waals surface area contributed by atoms with Crippen molar-refractivity contribution in [1.29, 1.82) is 0 Å². The summed E-state index contributed by atoms with van der Waals surface area (Å²) in [4.78, 5) is 15.3. The molecule has 0 unspecified atom stereocenters. The summed E-state index contributed by atoms with van der Waals surface area (Å²) in [6.07, 6.45) is 0.655. The third-order valence-electron chi connectivity index (χ3n) is 2.33. The minimum Gasteiger partial charge on any atom is -0.354 e. The smallest absolute Gasteiger partial charge is 0.354 e. The molecule has 0 fully saturated rings. The largest absolute Gasteiger partial charge is 0.433 e. The van der Waals surface area contributed by atoms with Crippen LogP contribution >= 0.6 is 11.8 Å². The van der Waals surface area contributed by atoms with Crippen LogP contribution in [0.5, 0.6) is 0 Å². The van der Waals surface area contributed by atoms with Crippen LogP contribution in [0.25, 0.3) is 0 Å². The van der Waals surface area contributed by atoms with E-state index in [-0.39, 0.29) is 5.16 Å². The van der Waals surface area contributed by atoms with E-state index >= 15 is 0 Å². The zero-order valence-electron chi connectivity index (χ0n) is 10.8. The molecule has 21 heavy (non-hydrogen) atoms. The Hall–Kier alpha value is -1.90. The summed E-state index contributed by atoms with van der Waals surface area (Å²) >= 11 is 1.18. The second-order valence-electron chi connectivity index (χ2n) is 3.92. The molecule has 112 valence electrons. The van der Waals surface area contributed by atoms with Gasteiger partial charge >= 0.3 is 6.18 Å². The Kier molecular flexibility index (Phi) is 5.32. The van der Waals surface area contributed by atoms with Crippen LogP contribution in [0.2, 0.25) is 0 Å². The maximum Gasteiger partial charge on any atom is 0.433 e. The Morgan fingerprint density at radius 2 is 1.86 bits per heavy atom. The lowest BCUT2D eigenvalue weighted by Gasteiger charge is -2.07. The highest BCUT2D eigenvalue weighted by Gasteiger charge is 2.32. The fraction of sp³-hybridized carbons (Fsp3) is 0.333. The lowest BCUT2D eigenvalue weighted by Crippen LogP contribution is -2.09. The summed E-state index contributed by atoms with van der Waals surface area (Å²) in [5, 5.41) is 3.14. The molecule has 0 radical (unpaired) electrons. The SMILES string of the molecule is FC(F)(F)c1ccnc(SCCCNc2ncccn2)n1. The molecule has 9 heteroatoms. The van der Waals surface area contributed by atoms with Gasteiger partial charge in [-0.25, -0.2) is 19.9 Å². The maximum absolute atomic E-state index is 12.5. The molecule has 2 aromatic heterocycles. The Labute approximate surface area is 123 Å². The Morgan fingerprint density at radius 1 is 1.10 bits per heavy atom. The third kappa shape index (κ3) is 5.18. The molecule has 0 aliphatic carbocycles. The number of alkyl halides is 3. The molecule has 0 saturated heterocycles. The number of rotatable bonds is 6. The molecule has 1 N–H and O–H groups in total. The van der Waals surface area contributed by atoms with Crippen molar-refractivity contribution in [2.45, 2.75) is 17.8 Å². The van der Waals surface area contributed by atoms with Crippen LogP contribution in [0.15, 0.2) is 35.9 Å². The fourth-order valence-corrected chi connectivity index (χ4v) is 2.16. The van der Waals surface area contributed by atoms with Crippen molar-refractivity contribution in [3.8, 4) is 0 Å². The molecule has 0 bridgehead atoms. The topological polar surface area (TPSA) is 63.6 Å². The zero-order chi connectivity index (χ0) is 15.1. The monoisotopic (exact) mass is 315 g/mol. The molecule has 2 heterocycles. The summed E-state index contributed by atoms with van der Waals surface area (Å²) in [5.41, 5.74) is -0.921. The minimum absolute atomic E-state index is 0.126. The minimum atomic E-state index is -4.44. The average molecular weight is 315 g/mol. The van der Waals surface area contributed by atoms with Gasteiger partial charge in [-0.3, -0.25) is 0 Å². The number of hydrogen-bond donors (Lipinski definition) is 1. The van der Waals surface area contributed by atoms with E-state index in [1.54, 1.807) is 18.5 Å². The van der Waals surface area contributed by atoms with E-state index in [4.69, 9.17) is 0 Å². The molecular weight excluding hydrogens is 303 g/mol. The van der Waals surface area contributed by atoms with Crippen molar-refractivity contribution >= 4 is 17.7 Å². The molecule has 2 aromatic rings. The number of halogens is 3. The maximum atomic E-state index is 12.5. The number of hydrogen-bond acceptors (Lipinski definition) is 6. The van der Waals surface area contributed by atoms with Gasteiger partial charge in [-0.05, 0) is 18.6 Å². The van der Waals surface area contributed by atoms with Crippen molar-refractivity contribution in [1.82, 2.24) is 19.9 Å². The summed E-state index contributed by atoms with van der Waals surface area (Å²) in [5.74, 6) is 1.12. The van der Waals surface area contributed by atoms with E-state index < -0.39 is 11.9 Å². The van der Waals surface area contributed by atoms with Crippen molar-refractivity contribution < 1.29 is 13.2 Å². The van der Waals surface area contributed by atoms with Gasteiger partial charge in [-0.1, -0.05) is 11.8 Å². The van der Waals surface area contributed by atoms with E-state index in [0.29, 0.717) is 18.2 Å². The van der Waals surface area contributed by atoms with Crippen LogP contribution in [0, 0.1) is 0 Å². The lowest BCUT2D eigenvalue weighted by atomic mass is 10.4.